The van der Waals surface area contributed by atoms with Crippen molar-refractivity contribution in [3.8, 4) is 23.2 Å². The van der Waals surface area contributed by atoms with E-state index in [1.165, 1.54) is 4.68 Å². The number of aromatic nitrogens is 4. The molecule has 33 heavy (non-hydrogen) atoms. The molecule has 0 fully saturated rings. The number of tetrazole rings is 1. The summed E-state index contributed by atoms with van der Waals surface area (Å²) in [5, 5.41) is 25.3. The number of benzene rings is 3. The zero-order valence-corrected chi connectivity index (χ0v) is 19.0. The van der Waals surface area contributed by atoms with Crippen LogP contribution in [0.1, 0.15) is 24.2 Å². The lowest BCUT2D eigenvalue weighted by atomic mass is 10.1. The molecule has 9 heteroatoms. The number of nitrogens with one attached hydrogen (secondary N) is 1. The maximum absolute atomic E-state index is 10.3. The summed E-state index contributed by atoms with van der Waals surface area (Å²) in [6.45, 7) is 3.42. The largest absolute Gasteiger partial charge is 0.490 e. The molecule has 2 N–H and O–H groups in total. The Hall–Kier alpha value is -3.46. The molecule has 1 atom stereocenters. The van der Waals surface area contributed by atoms with Crippen LogP contribution in [-0.2, 0) is 6.54 Å². The minimum Gasteiger partial charge on any atom is -0.490 e. The fraction of sp³-hybridized carbons (Fsp3) is 0.208. The van der Waals surface area contributed by atoms with Gasteiger partial charge in [0.25, 0.3) is 0 Å². The monoisotopic (exact) mass is 467 g/mol. The van der Waals surface area contributed by atoms with Crippen molar-refractivity contribution in [1.82, 2.24) is 25.5 Å². The van der Waals surface area contributed by atoms with E-state index in [2.05, 4.69) is 20.8 Å². The normalized spacial score (nSPS) is 11.5. The predicted molar refractivity (Wildman–Crippen MR) is 127 cm³/mol. The van der Waals surface area contributed by atoms with Crippen molar-refractivity contribution in [2.45, 2.75) is 19.6 Å². The van der Waals surface area contributed by atoms with Gasteiger partial charge in [-0.15, -0.1) is 12.4 Å². The SMILES string of the molecule is CCOc1cc(CNCC(O)c2ccccc2)ccc1Oc1nnnn1-c1ccccc1.Cl. The summed E-state index contributed by atoms with van der Waals surface area (Å²) >= 11 is 0. The van der Waals surface area contributed by atoms with E-state index in [4.69, 9.17) is 9.47 Å². The third-order valence-electron chi connectivity index (χ3n) is 4.80. The second-order valence-corrected chi connectivity index (χ2v) is 7.08. The van der Waals surface area contributed by atoms with Crippen LogP contribution < -0.4 is 14.8 Å². The number of ether oxygens (including phenoxy) is 2. The highest BCUT2D eigenvalue weighted by atomic mass is 35.5. The fourth-order valence-corrected chi connectivity index (χ4v) is 3.23. The first-order chi connectivity index (χ1) is 15.7. The van der Waals surface area contributed by atoms with Gasteiger partial charge in [-0.1, -0.05) is 59.7 Å². The number of aliphatic hydroxyl groups is 1. The van der Waals surface area contributed by atoms with Gasteiger partial charge in [0.15, 0.2) is 11.5 Å². The van der Waals surface area contributed by atoms with Crippen LogP contribution in [0.3, 0.4) is 0 Å². The molecular weight excluding hydrogens is 442 g/mol. The Labute approximate surface area is 198 Å². The molecule has 1 unspecified atom stereocenters. The van der Waals surface area contributed by atoms with E-state index in [-0.39, 0.29) is 18.4 Å². The highest BCUT2D eigenvalue weighted by Gasteiger charge is 2.15. The van der Waals surface area contributed by atoms with Gasteiger partial charge < -0.3 is 19.9 Å². The number of para-hydroxylation sites is 1. The quantitative estimate of drug-likeness (QED) is 0.362. The topological polar surface area (TPSA) is 94.3 Å². The number of halogens is 1. The molecule has 0 saturated carbocycles. The Balaban J connectivity index is 0.00000306. The van der Waals surface area contributed by atoms with Gasteiger partial charge >= 0.3 is 6.01 Å². The number of hydrogen-bond acceptors (Lipinski definition) is 7. The molecule has 1 aromatic heterocycles. The summed E-state index contributed by atoms with van der Waals surface area (Å²) in [5.41, 5.74) is 2.68. The van der Waals surface area contributed by atoms with Gasteiger partial charge in [0.05, 0.1) is 18.4 Å². The zero-order valence-electron chi connectivity index (χ0n) is 18.2. The Morgan fingerprint density at radius 3 is 2.42 bits per heavy atom. The number of hydrogen-bond donors (Lipinski definition) is 2. The molecular formula is C24H26ClN5O3. The Morgan fingerprint density at radius 1 is 0.970 bits per heavy atom. The average Bonchev–Trinajstić information content (AvgIpc) is 3.30. The van der Waals surface area contributed by atoms with Crippen LogP contribution in [0.15, 0.2) is 78.9 Å². The van der Waals surface area contributed by atoms with Crippen molar-refractivity contribution < 1.29 is 14.6 Å². The standard InChI is InChI=1S/C24H25N5O3.ClH/c1-2-31-23-15-18(16-25-17-21(30)19-9-5-3-6-10-19)13-14-22(23)32-24-26-27-28-29(24)20-11-7-4-8-12-20;/h3-15,21,25,30H,2,16-17H2,1H3;1H. The van der Waals surface area contributed by atoms with Gasteiger partial charge in [0.2, 0.25) is 0 Å². The smallest absolute Gasteiger partial charge is 0.346 e. The molecule has 0 spiro atoms. The molecule has 4 rings (SSSR count). The molecule has 0 bridgehead atoms. The summed E-state index contributed by atoms with van der Waals surface area (Å²) in [5.74, 6) is 1.12. The van der Waals surface area contributed by atoms with E-state index in [0.717, 1.165) is 16.8 Å². The van der Waals surface area contributed by atoms with Crippen molar-refractivity contribution in [1.29, 1.82) is 0 Å². The van der Waals surface area contributed by atoms with Crippen molar-refractivity contribution in [2.24, 2.45) is 0 Å². The van der Waals surface area contributed by atoms with Gasteiger partial charge in [-0.05, 0) is 52.7 Å². The number of aliphatic hydroxyl groups excluding tert-OH is 1. The average molecular weight is 468 g/mol. The summed E-state index contributed by atoms with van der Waals surface area (Å²) in [6, 6.07) is 25.0. The van der Waals surface area contributed by atoms with Gasteiger partial charge in [0.1, 0.15) is 0 Å². The van der Waals surface area contributed by atoms with Gasteiger partial charge in [-0.3, -0.25) is 0 Å². The van der Waals surface area contributed by atoms with Crippen molar-refractivity contribution >= 4 is 12.4 Å². The molecule has 1 heterocycles. The molecule has 0 aliphatic heterocycles. The first-order valence-electron chi connectivity index (χ1n) is 10.5. The second kappa shape index (κ2) is 12.0. The number of rotatable bonds is 10. The molecule has 0 saturated heterocycles. The summed E-state index contributed by atoms with van der Waals surface area (Å²) in [4.78, 5) is 0. The van der Waals surface area contributed by atoms with Crippen LogP contribution in [0.4, 0.5) is 0 Å². The van der Waals surface area contributed by atoms with Crippen LogP contribution in [0, 0.1) is 0 Å². The third kappa shape index (κ3) is 6.29. The Bertz CT molecular complexity index is 1130. The van der Waals surface area contributed by atoms with Gasteiger partial charge in [-0.2, -0.15) is 4.68 Å². The zero-order chi connectivity index (χ0) is 22.2. The Morgan fingerprint density at radius 2 is 1.70 bits per heavy atom. The van der Waals surface area contributed by atoms with E-state index < -0.39 is 6.10 Å². The maximum Gasteiger partial charge on any atom is 0.346 e. The highest BCUT2D eigenvalue weighted by Crippen LogP contribution is 2.32. The summed E-state index contributed by atoms with van der Waals surface area (Å²) < 4.78 is 13.3. The van der Waals surface area contributed by atoms with Crippen molar-refractivity contribution in [3.05, 3.63) is 90.0 Å². The van der Waals surface area contributed by atoms with Gasteiger partial charge in [-0.25, -0.2) is 0 Å². The van der Waals surface area contributed by atoms with Crippen LogP contribution in [0.5, 0.6) is 17.5 Å². The molecule has 0 amide bonds. The predicted octanol–water partition coefficient (Wildman–Crippen LogP) is 4.10. The lowest BCUT2D eigenvalue weighted by molar-refractivity contribution is 0.174. The van der Waals surface area contributed by atoms with Crippen LogP contribution >= 0.6 is 12.4 Å². The molecule has 3 aromatic carbocycles. The molecule has 8 nitrogen and oxygen atoms in total. The van der Waals surface area contributed by atoms with Crippen molar-refractivity contribution in [3.63, 3.8) is 0 Å². The first-order valence-corrected chi connectivity index (χ1v) is 10.5. The molecule has 172 valence electrons. The number of nitrogens with zero attached hydrogens (tertiary/aromatic N) is 4. The lowest BCUT2D eigenvalue weighted by Gasteiger charge is -2.14. The minimum atomic E-state index is -0.568. The highest BCUT2D eigenvalue weighted by molar-refractivity contribution is 5.85. The van der Waals surface area contributed by atoms with E-state index in [0.29, 0.717) is 31.2 Å². The third-order valence-corrected chi connectivity index (χ3v) is 4.80. The Kier molecular flexibility index (Phi) is 8.77. The molecule has 0 radical (unpaired) electrons. The van der Waals surface area contributed by atoms with E-state index >= 15 is 0 Å². The maximum atomic E-state index is 10.3. The second-order valence-electron chi connectivity index (χ2n) is 7.08. The molecule has 0 aliphatic rings. The van der Waals surface area contributed by atoms with E-state index in [9.17, 15) is 5.11 Å². The summed E-state index contributed by atoms with van der Waals surface area (Å²) in [6.07, 6.45) is -0.568. The first kappa shape index (κ1) is 24.2. The van der Waals surface area contributed by atoms with E-state index in [1.807, 2.05) is 85.8 Å². The lowest BCUT2D eigenvalue weighted by Crippen LogP contribution is -2.21. The van der Waals surface area contributed by atoms with Crippen LogP contribution in [0.25, 0.3) is 5.69 Å². The van der Waals surface area contributed by atoms with Crippen LogP contribution in [-0.4, -0.2) is 38.5 Å². The molecule has 4 aromatic rings. The van der Waals surface area contributed by atoms with Gasteiger partial charge in [0, 0.05) is 13.1 Å². The minimum absolute atomic E-state index is 0. The summed E-state index contributed by atoms with van der Waals surface area (Å²) in [7, 11) is 0. The van der Waals surface area contributed by atoms with Crippen LogP contribution in [0.2, 0.25) is 0 Å². The van der Waals surface area contributed by atoms with E-state index in [1.54, 1.807) is 0 Å². The van der Waals surface area contributed by atoms with Crippen molar-refractivity contribution in [2.75, 3.05) is 13.2 Å². The fourth-order valence-electron chi connectivity index (χ4n) is 3.23. The molecule has 0 aliphatic carbocycles.